The van der Waals surface area contributed by atoms with Gasteiger partial charge in [-0.2, -0.15) is 11.8 Å². The van der Waals surface area contributed by atoms with Gasteiger partial charge in [-0.1, -0.05) is 13.8 Å². The third-order valence-electron chi connectivity index (χ3n) is 3.38. The van der Waals surface area contributed by atoms with Gasteiger partial charge in [-0.3, -0.25) is 0 Å². The molecule has 2 fully saturated rings. The van der Waals surface area contributed by atoms with Crippen molar-refractivity contribution >= 4 is 11.8 Å². The van der Waals surface area contributed by atoms with Gasteiger partial charge in [0.1, 0.15) is 0 Å². The van der Waals surface area contributed by atoms with Gasteiger partial charge in [-0.05, 0) is 36.9 Å². The highest BCUT2D eigenvalue weighted by Gasteiger charge is 2.47. The minimum Gasteiger partial charge on any atom is -0.394 e. The molecule has 2 aliphatic carbocycles. The average molecular weight is 229 g/mol. The molecular weight excluding hydrogens is 206 g/mol. The summed E-state index contributed by atoms with van der Waals surface area (Å²) < 4.78 is 0. The van der Waals surface area contributed by atoms with Gasteiger partial charge in [0, 0.05) is 11.8 Å². The van der Waals surface area contributed by atoms with Crippen molar-refractivity contribution < 1.29 is 5.11 Å². The van der Waals surface area contributed by atoms with Crippen LogP contribution in [-0.4, -0.2) is 34.3 Å². The second kappa shape index (κ2) is 4.64. The Balaban J connectivity index is 1.91. The van der Waals surface area contributed by atoms with Gasteiger partial charge in [-0.25, -0.2) is 0 Å². The molecule has 2 N–H and O–H groups in total. The second-order valence-electron chi connectivity index (χ2n) is 5.37. The highest BCUT2D eigenvalue weighted by atomic mass is 32.2. The summed E-state index contributed by atoms with van der Waals surface area (Å²) in [6.07, 6.45) is 5.22. The fourth-order valence-corrected chi connectivity index (χ4v) is 3.12. The molecule has 3 heteroatoms. The molecule has 2 aliphatic rings. The Hall–Kier alpha value is 0.270. The van der Waals surface area contributed by atoms with Crippen LogP contribution in [-0.2, 0) is 0 Å². The molecule has 0 aromatic carbocycles. The van der Waals surface area contributed by atoms with E-state index in [1.54, 1.807) is 0 Å². The molecule has 0 aliphatic heterocycles. The summed E-state index contributed by atoms with van der Waals surface area (Å²) in [6, 6.07) is 0.700. The lowest BCUT2D eigenvalue weighted by Gasteiger charge is -2.34. The normalized spacial score (nSPS) is 25.6. The van der Waals surface area contributed by atoms with E-state index >= 15 is 0 Å². The molecule has 88 valence electrons. The van der Waals surface area contributed by atoms with Crippen molar-refractivity contribution in [1.82, 2.24) is 5.32 Å². The van der Waals surface area contributed by atoms with E-state index in [2.05, 4.69) is 19.2 Å². The Labute approximate surface area is 97.2 Å². The van der Waals surface area contributed by atoms with Gasteiger partial charge in [-0.15, -0.1) is 0 Å². The number of aliphatic hydroxyl groups excluding tert-OH is 1. The summed E-state index contributed by atoms with van der Waals surface area (Å²) in [5.41, 5.74) is 0.0378. The van der Waals surface area contributed by atoms with E-state index in [1.165, 1.54) is 25.7 Å². The van der Waals surface area contributed by atoms with E-state index in [4.69, 9.17) is 0 Å². The molecule has 2 rings (SSSR count). The maximum atomic E-state index is 9.70. The fourth-order valence-electron chi connectivity index (χ4n) is 2.08. The van der Waals surface area contributed by atoms with Crippen LogP contribution in [0.1, 0.15) is 39.5 Å². The van der Waals surface area contributed by atoms with Crippen molar-refractivity contribution in [3.8, 4) is 0 Å². The molecule has 0 amide bonds. The summed E-state index contributed by atoms with van der Waals surface area (Å²) in [4.78, 5) is 0. The van der Waals surface area contributed by atoms with Gasteiger partial charge < -0.3 is 10.4 Å². The molecule has 1 unspecified atom stereocenters. The molecule has 0 aromatic heterocycles. The largest absolute Gasteiger partial charge is 0.394 e. The van der Waals surface area contributed by atoms with Crippen molar-refractivity contribution in [1.29, 1.82) is 0 Å². The molecule has 0 heterocycles. The molecule has 15 heavy (non-hydrogen) atoms. The van der Waals surface area contributed by atoms with Crippen LogP contribution < -0.4 is 5.32 Å². The topological polar surface area (TPSA) is 32.3 Å². The van der Waals surface area contributed by atoms with E-state index in [1.807, 2.05) is 11.8 Å². The number of nitrogens with one attached hydrogen (secondary N) is 1. The standard InChI is InChI=1S/C12H23NOS/c1-9(2)15-8-12(7-14,10-3-4-10)13-11-5-6-11/h9-11,13-14H,3-8H2,1-2H3. The van der Waals surface area contributed by atoms with Crippen LogP contribution in [0.15, 0.2) is 0 Å². The van der Waals surface area contributed by atoms with E-state index in [0.29, 0.717) is 17.9 Å². The lowest BCUT2D eigenvalue weighted by molar-refractivity contribution is 0.157. The molecule has 2 saturated carbocycles. The Morgan fingerprint density at radius 3 is 2.40 bits per heavy atom. The predicted molar refractivity (Wildman–Crippen MR) is 66.3 cm³/mol. The minimum atomic E-state index is 0.0378. The number of hydrogen-bond acceptors (Lipinski definition) is 3. The van der Waals surface area contributed by atoms with Gasteiger partial charge >= 0.3 is 0 Å². The Morgan fingerprint density at radius 2 is 2.00 bits per heavy atom. The number of aliphatic hydroxyl groups is 1. The summed E-state index contributed by atoms with van der Waals surface area (Å²) >= 11 is 1.98. The van der Waals surface area contributed by atoms with E-state index in [-0.39, 0.29) is 5.54 Å². The van der Waals surface area contributed by atoms with E-state index in [0.717, 1.165) is 11.7 Å². The zero-order valence-electron chi connectivity index (χ0n) is 9.83. The van der Waals surface area contributed by atoms with Crippen LogP contribution in [0.3, 0.4) is 0 Å². The molecule has 0 aromatic rings. The van der Waals surface area contributed by atoms with Crippen molar-refractivity contribution in [2.45, 2.75) is 56.4 Å². The van der Waals surface area contributed by atoms with E-state index in [9.17, 15) is 5.11 Å². The fraction of sp³-hybridized carbons (Fsp3) is 1.00. The maximum Gasteiger partial charge on any atom is 0.0624 e. The third-order valence-corrected chi connectivity index (χ3v) is 4.73. The van der Waals surface area contributed by atoms with Crippen LogP contribution >= 0.6 is 11.8 Å². The summed E-state index contributed by atoms with van der Waals surface area (Å²) in [5, 5.41) is 14.1. The van der Waals surface area contributed by atoms with Crippen LogP contribution in [0.2, 0.25) is 0 Å². The van der Waals surface area contributed by atoms with Gasteiger partial charge in [0.05, 0.1) is 12.1 Å². The van der Waals surface area contributed by atoms with Crippen LogP contribution in [0.4, 0.5) is 0 Å². The van der Waals surface area contributed by atoms with Crippen molar-refractivity contribution in [2.24, 2.45) is 5.92 Å². The maximum absolute atomic E-state index is 9.70. The summed E-state index contributed by atoms with van der Waals surface area (Å²) in [7, 11) is 0. The van der Waals surface area contributed by atoms with Crippen LogP contribution in [0, 0.1) is 5.92 Å². The summed E-state index contributed by atoms with van der Waals surface area (Å²) in [5.74, 6) is 1.80. The Bertz CT molecular complexity index is 214. The highest BCUT2D eigenvalue weighted by Crippen LogP contribution is 2.43. The van der Waals surface area contributed by atoms with Crippen molar-refractivity contribution in [2.75, 3.05) is 12.4 Å². The molecule has 0 radical (unpaired) electrons. The molecule has 2 nitrogen and oxygen atoms in total. The SMILES string of the molecule is CC(C)SCC(CO)(NC1CC1)C1CC1. The first kappa shape index (κ1) is 11.7. The Kier molecular flexibility index (Phi) is 3.63. The minimum absolute atomic E-state index is 0.0378. The predicted octanol–water partition coefficient (Wildman–Crippen LogP) is 2.02. The van der Waals surface area contributed by atoms with Crippen LogP contribution in [0.5, 0.6) is 0 Å². The first-order chi connectivity index (χ1) is 7.16. The average Bonchev–Trinajstić information content (AvgIpc) is 3.01. The van der Waals surface area contributed by atoms with Crippen LogP contribution in [0.25, 0.3) is 0 Å². The first-order valence-corrected chi connectivity index (χ1v) is 7.21. The van der Waals surface area contributed by atoms with Gasteiger partial charge in [0.15, 0.2) is 0 Å². The zero-order valence-corrected chi connectivity index (χ0v) is 10.6. The summed E-state index contributed by atoms with van der Waals surface area (Å²) in [6.45, 7) is 4.78. The van der Waals surface area contributed by atoms with Gasteiger partial charge in [0.2, 0.25) is 0 Å². The molecule has 0 bridgehead atoms. The van der Waals surface area contributed by atoms with E-state index < -0.39 is 0 Å². The molecule has 0 spiro atoms. The number of hydrogen-bond donors (Lipinski definition) is 2. The molecule has 0 saturated heterocycles. The third kappa shape index (κ3) is 3.11. The lowest BCUT2D eigenvalue weighted by atomic mass is 9.96. The molecular formula is C12H23NOS. The smallest absolute Gasteiger partial charge is 0.0624 e. The van der Waals surface area contributed by atoms with Crippen molar-refractivity contribution in [3.05, 3.63) is 0 Å². The monoisotopic (exact) mass is 229 g/mol. The highest BCUT2D eigenvalue weighted by molar-refractivity contribution is 7.99. The first-order valence-electron chi connectivity index (χ1n) is 6.16. The Morgan fingerprint density at radius 1 is 1.33 bits per heavy atom. The van der Waals surface area contributed by atoms with Gasteiger partial charge in [0.25, 0.3) is 0 Å². The quantitative estimate of drug-likeness (QED) is 0.700. The lowest BCUT2D eigenvalue weighted by Crippen LogP contribution is -2.54. The zero-order chi connectivity index (χ0) is 10.9. The van der Waals surface area contributed by atoms with Crippen molar-refractivity contribution in [3.63, 3.8) is 0 Å². The second-order valence-corrected chi connectivity index (χ2v) is 6.93. The number of thioether (sulfide) groups is 1. The molecule has 1 atom stereocenters. The number of rotatable bonds is 7.